The lowest BCUT2D eigenvalue weighted by Gasteiger charge is -2.19. The van der Waals surface area contributed by atoms with Gasteiger partial charge in [0, 0.05) is 30.8 Å². The number of nitrogens with one attached hydrogen (secondary N) is 2. The average Bonchev–Trinajstić information content (AvgIpc) is 3.06. The minimum absolute atomic E-state index is 0.284. The van der Waals surface area contributed by atoms with Crippen molar-refractivity contribution >= 4 is 22.6 Å². The first-order valence-corrected chi connectivity index (χ1v) is 14.4. The predicted octanol–water partition coefficient (Wildman–Crippen LogP) is 5.65. The highest BCUT2D eigenvalue weighted by atomic mass is 16.5. The van der Waals surface area contributed by atoms with Gasteiger partial charge in [-0.15, -0.1) is 0 Å². The van der Waals surface area contributed by atoms with Crippen molar-refractivity contribution in [1.29, 1.82) is 0 Å². The number of aromatic nitrogens is 1. The predicted molar refractivity (Wildman–Crippen MR) is 171 cm³/mol. The number of likely N-dealkylation sites (N-methyl/N-ethyl adjacent to an activating group) is 1. The Hall–Kier alpha value is -5.37. The molecule has 4 aromatic carbocycles. The average molecular weight is 590 g/mol. The third-order valence-corrected chi connectivity index (χ3v) is 7.31. The fourth-order valence-electron chi connectivity index (χ4n) is 5.03. The molecule has 1 unspecified atom stereocenters. The van der Waals surface area contributed by atoms with Crippen LogP contribution in [0.1, 0.15) is 16.7 Å². The molecule has 8 nitrogen and oxygen atoms in total. The molecule has 0 aliphatic heterocycles. The van der Waals surface area contributed by atoms with Gasteiger partial charge in [0.15, 0.2) is 6.61 Å². The van der Waals surface area contributed by atoms with E-state index in [9.17, 15) is 9.59 Å². The van der Waals surface area contributed by atoms with Gasteiger partial charge < -0.3 is 24.8 Å². The summed E-state index contributed by atoms with van der Waals surface area (Å²) in [6, 6.07) is 28.5. The first-order chi connectivity index (χ1) is 21.4. The van der Waals surface area contributed by atoms with Crippen LogP contribution >= 0.6 is 0 Å². The van der Waals surface area contributed by atoms with Gasteiger partial charge >= 0.3 is 0 Å². The normalized spacial score (nSPS) is 11.4. The number of aryl methyl sites for hydroxylation is 1. The number of rotatable bonds is 12. The lowest BCUT2D eigenvalue weighted by Crippen LogP contribution is -2.48. The molecule has 0 saturated heterocycles. The van der Waals surface area contributed by atoms with Crippen molar-refractivity contribution in [2.24, 2.45) is 0 Å². The Balaban J connectivity index is 1.35. The van der Waals surface area contributed by atoms with Crippen LogP contribution in [0.3, 0.4) is 0 Å². The summed E-state index contributed by atoms with van der Waals surface area (Å²) >= 11 is 0. The molecule has 2 amide bonds. The number of amides is 2. The van der Waals surface area contributed by atoms with Crippen LogP contribution < -0.4 is 24.8 Å². The summed E-state index contributed by atoms with van der Waals surface area (Å²) in [7, 11) is 3.15. The van der Waals surface area contributed by atoms with Crippen LogP contribution in [0.5, 0.6) is 17.2 Å². The molecule has 1 heterocycles. The number of carbonyl (C=O) groups is 2. The van der Waals surface area contributed by atoms with E-state index in [0.29, 0.717) is 24.5 Å². The monoisotopic (exact) mass is 589 g/mol. The Kier molecular flexibility index (Phi) is 9.71. The van der Waals surface area contributed by atoms with Crippen LogP contribution in [-0.4, -0.2) is 43.6 Å². The zero-order valence-corrected chi connectivity index (χ0v) is 25.0. The maximum atomic E-state index is 13.1. The molecule has 0 bridgehead atoms. The van der Waals surface area contributed by atoms with E-state index in [4.69, 9.17) is 14.2 Å². The van der Waals surface area contributed by atoms with E-state index < -0.39 is 11.9 Å². The Morgan fingerprint density at radius 1 is 0.841 bits per heavy atom. The zero-order chi connectivity index (χ0) is 30.9. The van der Waals surface area contributed by atoms with E-state index in [1.807, 2.05) is 97.9 Å². The SMILES string of the molecule is CNC(=O)C(Cc1ccc(C)c(OC)c1)NC(=O)COc1ccc2ccccc2c1-c1cncc(OCc2ccccc2)c1. The van der Waals surface area contributed by atoms with Crippen LogP contribution in [0.4, 0.5) is 0 Å². The first kappa shape index (κ1) is 30.1. The molecule has 0 spiro atoms. The van der Waals surface area contributed by atoms with Gasteiger partial charge in [-0.05, 0) is 52.6 Å². The third-order valence-electron chi connectivity index (χ3n) is 7.31. The number of hydrogen-bond donors (Lipinski definition) is 2. The van der Waals surface area contributed by atoms with Crippen LogP contribution in [0, 0.1) is 6.92 Å². The second-order valence-corrected chi connectivity index (χ2v) is 10.4. The summed E-state index contributed by atoms with van der Waals surface area (Å²) in [6.07, 6.45) is 3.72. The third kappa shape index (κ3) is 7.33. The Bertz CT molecular complexity index is 1760. The molecule has 224 valence electrons. The summed E-state index contributed by atoms with van der Waals surface area (Å²) in [5.74, 6) is 1.13. The molecule has 1 aromatic heterocycles. The number of carbonyl (C=O) groups excluding carboxylic acids is 2. The maximum Gasteiger partial charge on any atom is 0.258 e. The first-order valence-electron chi connectivity index (χ1n) is 14.4. The summed E-state index contributed by atoms with van der Waals surface area (Å²) in [5, 5.41) is 7.43. The summed E-state index contributed by atoms with van der Waals surface area (Å²) in [5.41, 5.74) is 4.48. The van der Waals surface area contributed by atoms with Gasteiger partial charge in [-0.3, -0.25) is 14.6 Å². The zero-order valence-electron chi connectivity index (χ0n) is 25.0. The van der Waals surface area contributed by atoms with Crippen molar-refractivity contribution in [2.45, 2.75) is 26.0 Å². The van der Waals surface area contributed by atoms with Crippen molar-refractivity contribution in [3.8, 4) is 28.4 Å². The van der Waals surface area contributed by atoms with E-state index >= 15 is 0 Å². The number of pyridine rings is 1. The highest BCUT2D eigenvalue weighted by molar-refractivity contribution is 6.00. The van der Waals surface area contributed by atoms with E-state index in [0.717, 1.165) is 44.3 Å². The van der Waals surface area contributed by atoms with Crippen LogP contribution in [0.15, 0.2) is 103 Å². The van der Waals surface area contributed by atoms with E-state index in [-0.39, 0.29) is 12.5 Å². The molecule has 0 aliphatic carbocycles. The lowest BCUT2D eigenvalue weighted by atomic mass is 9.98. The lowest BCUT2D eigenvalue weighted by molar-refractivity contribution is -0.129. The number of fused-ring (bicyclic) bond motifs is 1. The van der Waals surface area contributed by atoms with E-state index in [1.165, 1.54) is 0 Å². The summed E-state index contributed by atoms with van der Waals surface area (Å²) < 4.78 is 17.6. The van der Waals surface area contributed by atoms with Crippen molar-refractivity contribution in [1.82, 2.24) is 15.6 Å². The van der Waals surface area contributed by atoms with Gasteiger partial charge in [-0.1, -0.05) is 72.8 Å². The van der Waals surface area contributed by atoms with Gasteiger partial charge in [0.25, 0.3) is 5.91 Å². The van der Waals surface area contributed by atoms with Gasteiger partial charge in [-0.2, -0.15) is 0 Å². The van der Waals surface area contributed by atoms with Crippen LogP contribution in [0.2, 0.25) is 0 Å². The molecule has 5 rings (SSSR count). The van der Waals surface area contributed by atoms with Crippen molar-refractivity contribution in [3.63, 3.8) is 0 Å². The highest BCUT2D eigenvalue weighted by Crippen LogP contribution is 2.38. The largest absolute Gasteiger partial charge is 0.496 e. The standard InChI is InChI=1S/C36H35N3O5/c1-24-13-14-26(18-33(24)42-3)17-31(36(41)37-2)39-34(40)23-44-32-16-15-27-11-7-8-12-30(27)35(32)28-19-29(21-38-20-28)43-22-25-9-5-4-6-10-25/h4-16,18-21,31H,17,22-23H2,1-3H3,(H,37,41)(H,39,40). The number of nitrogens with zero attached hydrogens (tertiary/aromatic N) is 1. The van der Waals surface area contributed by atoms with Crippen LogP contribution in [-0.2, 0) is 22.6 Å². The van der Waals surface area contributed by atoms with Gasteiger partial charge in [0.05, 0.1) is 13.3 Å². The fourth-order valence-corrected chi connectivity index (χ4v) is 5.03. The number of hydrogen-bond acceptors (Lipinski definition) is 6. The number of methoxy groups -OCH3 is 1. The maximum absolute atomic E-state index is 13.1. The quantitative estimate of drug-likeness (QED) is 0.195. The molecule has 0 aliphatic rings. The van der Waals surface area contributed by atoms with Gasteiger partial charge in [-0.25, -0.2) is 0 Å². The molecule has 44 heavy (non-hydrogen) atoms. The van der Waals surface area contributed by atoms with Crippen molar-refractivity contribution < 1.29 is 23.8 Å². The Labute approximate surface area is 257 Å². The minimum atomic E-state index is -0.790. The Morgan fingerprint density at radius 2 is 1.64 bits per heavy atom. The van der Waals surface area contributed by atoms with Crippen molar-refractivity contribution in [3.05, 3.63) is 120 Å². The topological polar surface area (TPSA) is 98.8 Å². The summed E-state index contributed by atoms with van der Waals surface area (Å²) in [4.78, 5) is 30.2. The molecular weight excluding hydrogens is 554 g/mol. The molecule has 0 saturated carbocycles. The van der Waals surface area contributed by atoms with Crippen LogP contribution in [0.25, 0.3) is 21.9 Å². The fraction of sp³-hybridized carbons (Fsp3) is 0.194. The summed E-state index contributed by atoms with van der Waals surface area (Å²) in [6.45, 7) is 2.07. The second kappa shape index (κ2) is 14.2. The molecule has 0 radical (unpaired) electrons. The minimum Gasteiger partial charge on any atom is -0.496 e. The highest BCUT2D eigenvalue weighted by Gasteiger charge is 2.22. The number of ether oxygens (including phenoxy) is 3. The molecular formula is C36H35N3O5. The molecule has 8 heteroatoms. The second-order valence-electron chi connectivity index (χ2n) is 10.4. The molecule has 2 N–H and O–H groups in total. The van der Waals surface area contributed by atoms with E-state index in [1.54, 1.807) is 26.6 Å². The van der Waals surface area contributed by atoms with Gasteiger partial charge in [0.2, 0.25) is 5.91 Å². The molecule has 0 fully saturated rings. The molecule has 1 atom stereocenters. The molecule has 5 aromatic rings. The van der Waals surface area contributed by atoms with E-state index in [2.05, 4.69) is 15.6 Å². The Morgan fingerprint density at radius 3 is 2.43 bits per heavy atom. The number of benzene rings is 4. The van der Waals surface area contributed by atoms with Crippen molar-refractivity contribution in [2.75, 3.05) is 20.8 Å². The van der Waals surface area contributed by atoms with Gasteiger partial charge in [0.1, 0.15) is 29.9 Å². The smallest absolute Gasteiger partial charge is 0.258 e.